The summed E-state index contributed by atoms with van der Waals surface area (Å²) >= 11 is 0. The number of benzene rings is 1. The van der Waals surface area contributed by atoms with Crippen molar-refractivity contribution in [1.29, 1.82) is 0 Å². The second-order valence-electron chi connectivity index (χ2n) is 10.9. The zero-order valence-corrected chi connectivity index (χ0v) is 25.3. The van der Waals surface area contributed by atoms with Crippen LogP contribution in [0.15, 0.2) is 33.5 Å². The van der Waals surface area contributed by atoms with Gasteiger partial charge >= 0.3 is 7.12 Å². The van der Waals surface area contributed by atoms with E-state index in [0.717, 1.165) is 50.0 Å². The van der Waals surface area contributed by atoms with Crippen LogP contribution in [0.4, 0.5) is 0 Å². The normalized spacial score (nSPS) is 18.0. The molecule has 1 saturated heterocycles. The van der Waals surface area contributed by atoms with E-state index in [-0.39, 0.29) is 28.7 Å². The number of hydrazine groups is 1. The van der Waals surface area contributed by atoms with Crippen LogP contribution >= 0.6 is 0 Å². The molecule has 1 aliphatic heterocycles. The molecule has 0 bridgehead atoms. The number of nitrogens with zero attached hydrogens (tertiary/aromatic N) is 1. The Kier molecular flexibility index (Phi) is 18.6. The van der Waals surface area contributed by atoms with Crippen LogP contribution in [0.3, 0.4) is 0 Å². The van der Waals surface area contributed by atoms with Crippen molar-refractivity contribution in [2.75, 3.05) is 19.3 Å². The predicted molar refractivity (Wildman–Crippen MR) is 164 cm³/mol. The zero-order chi connectivity index (χ0) is 29.0. The topological polar surface area (TPSA) is 153 Å². The largest absolute Gasteiger partial charge is 0.488 e. The van der Waals surface area contributed by atoms with Crippen LogP contribution in [0, 0.1) is 0 Å². The Morgan fingerprint density at radius 1 is 0.950 bits per heavy atom. The monoisotopic (exact) mass is 580 g/mol. The minimum atomic E-state index is -1.41. The lowest BCUT2D eigenvalue weighted by Gasteiger charge is -2.12. The van der Waals surface area contributed by atoms with E-state index < -0.39 is 13.4 Å². The maximum atomic E-state index is 12.0. The fourth-order valence-corrected chi connectivity index (χ4v) is 5.92. The Balaban J connectivity index is 1.30. The summed E-state index contributed by atoms with van der Waals surface area (Å²) in [5, 5.41) is 30.7. The van der Waals surface area contributed by atoms with Gasteiger partial charge in [0.15, 0.2) is 6.29 Å². The van der Waals surface area contributed by atoms with Gasteiger partial charge in [-0.2, -0.15) is 0 Å². The Morgan fingerprint density at radius 2 is 1.50 bits per heavy atom. The lowest BCUT2D eigenvalue weighted by atomic mass is 9.81. The van der Waals surface area contributed by atoms with E-state index in [1.165, 1.54) is 57.8 Å². The Labute approximate surface area is 244 Å². The molecule has 1 amide bonds. The summed E-state index contributed by atoms with van der Waals surface area (Å²) in [6, 6.07) is 7.34. The van der Waals surface area contributed by atoms with E-state index >= 15 is 0 Å². The van der Waals surface area contributed by atoms with Gasteiger partial charge in [0.2, 0.25) is 5.91 Å². The van der Waals surface area contributed by atoms with Crippen molar-refractivity contribution in [3.05, 3.63) is 24.3 Å². The summed E-state index contributed by atoms with van der Waals surface area (Å²) in [6.07, 6.45) is 19.3. The molecule has 7 N–H and O–H groups in total. The SMILES string of the molecule is CS(=NCCCCCCCCCCCCCCC(=O)NCCCCC(NN)C1OC1O)c1ccc(B(O)O)cc1. The molecular formula is C29H53BN4O5S. The lowest BCUT2D eigenvalue weighted by Crippen LogP contribution is -2.40. The third kappa shape index (κ3) is 15.6. The molecule has 4 unspecified atom stereocenters. The Morgan fingerprint density at radius 3 is 2.02 bits per heavy atom. The van der Waals surface area contributed by atoms with Crippen molar-refractivity contribution in [2.24, 2.45) is 10.2 Å². The fourth-order valence-electron chi connectivity index (χ4n) is 4.84. The molecule has 0 aromatic heterocycles. The summed E-state index contributed by atoms with van der Waals surface area (Å²) in [6.45, 7) is 1.58. The molecule has 40 heavy (non-hydrogen) atoms. The van der Waals surface area contributed by atoms with Gasteiger partial charge in [0.25, 0.3) is 0 Å². The van der Waals surface area contributed by atoms with Gasteiger partial charge in [0.1, 0.15) is 6.10 Å². The van der Waals surface area contributed by atoms with E-state index in [2.05, 4.69) is 17.0 Å². The molecule has 11 heteroatoms. The number of carbonyl (C=O) groups excluding carboxylic acids is 1. The molecular weight excluding hydrogens is 527 g/mol. The van der Waals surface area contributed by atoms with Crippen molar-refractivity contribution in [2.45, 2.75) is 126 Å². The molecule has 1 aromatic carbocycles. The number of carbonyl (C=O) groups is 1. The number of aliphatic hydroxyl groups excluding tert-OH is 1. The van der Waals surface area contributed by atoms with Crippen molar-refractivity contribution >= 4 is 29.2 Å². The van der Waals surface area contributed by atoms with Gasteiger partial charge in [0.05, 0.1) is 6.04 Å². The number of hydrogen-bond donors (Lipinski definition) is 6. The molecule has 228 valence electrons. The highest BCUT2D eigenvalue weighted by Gasteiger charge is 2.42. The molecule has 1 aliphatic rings. The second-order valence-corrected chi connectivity index (χ2v) is 12.6. The predicted octanol–water partition coefficient (Wildman–Crippen LogP) is 3.06. The number of amides is 1. The summed E-state index contributed by atoms with van der Waals surface area (Å²) in [5.74, 6) is 5.64. The highest BCUT2D eigenvalue weighted by molar-refractivity contribution is 7.86. The summed E-state index contributed by atoms with van der Waals surface area (Å²) in [4.78, 5) is 13.1. The lowest BCUT2D eigenvalue weighted by molar-refractivity contribution is -0.121. The molecule has 0 saturated carbocycles. The maximum absolute atomic E-state index is 12.0. The van der Waals surface area contributed by atoms with Crippen LogP contribution in [0.2, 0.25) is 0 Å². The summed E-state index contributed by atoms with van der Waals surface area (Å²) < 4.78 is 9.80. The van der Waals surface area contributed by atoms with Crippen LogP contribution < -0.4 is 22.0 Å². The van der Waals surface area contributed by atoms with Gasteiger partial charge in [-0.25, -0.2) is 0 Å². The molecule has 1 fully saturated rings. The van der Waals surface area contributed by atoms with E-state index in [1.807, 2.05) is 12.1 Å². The smallest absolute Gasteiger partial charge is 0.423 e. The number of nitrogens with two attached hydrogens (primary N) is 1. The quantitative estimate of drug-likeness (QED) is 0.0361. The van der Waals surface area contributed by atoms with Crippen molar-refractivity contribution in [1.82, 2.24) is 10.7 Å². The number of rotatable bonds is 24. The van der Waals surface area contributed by atoms with Crippen LogP contribution in [0.1, 0.15) is 103 Å². The van der Waals surface area contributed by atoms with Crippen LogP contribution in [0.25, 0.3) is 0 Å². The van der Waals surface area contributed by atoms with Gasteiger partial charge in [-0.3, -0.25) is 20.4 Å². The highest BCUT2D eigenvalue weighted by Crippen LogP contribution is 2.24. The third-order valence-corrected chi connectivity index (χ3v) is 9.02. The molecule has 0 radical (unpaired) electrons. The number of nitrogens with one attached hydrogen (secondary N) is 2. The van der Waals surface area contributed by atoms with Crippen LogP contribution in [-0.4, -0.2) is 66.0 Å². The first-order valence-corrected chi connectivity index (χ1v) is 16.9. The van der Waals surface area contributed by atoms with Gasteiger partial charge < -0.3 is 25.2 Å². The molecule has 0 spiro atoms. The number of epoxide rings is 1. The Bertz CT molecular complexity index is 846. The van der Waals surface area contributed by atoms with E-state index in [1.54, 1.807) is 12.1 Å². The number of unbranched alkanes of at least 4 members (excludes halogenated alkanes) is 12. The minimum Gasteiger partial charge on any atom is -0.423 e. The maximum Gasteiger partial charge on any atom is 0.488 e. The van der Waals surface area contributed by atoms with E-state index in [0.29, 0.717) is 18.4 Å². The van der Waals surface area contributed by atoms with E-state index in [9.17, 15) is 19.9 Å². The fraction of sp³-hybridized carbons (Fsp3) is 0.759. The average Bonchev–Trinajstić information content (AvgIpc) is 3.68. The van der Waals surface area contributed by atoms with Crippen molar-refractivity contribution in [3.8, 4) is 0 Å². The van der Waals surface area contributed by atoms with Crippen LogP contribution in [0.5, 0.6) is 0 Å². The first kappa shape index (κ1) is 34.9. The average molecular weight is 581 g/mol. The molecule has 9 nitrogen and oxygen atoms in total. The molecule has 1 heterocycles. The molecule has 4 atom stereocenters. The van der Waals surface area contributed by atoms with E-state index in [4.69, 9.17) is 14.9 Å². The summed E-state index contributed by atoms with van der Waals surface area (Å²) in [5.41, 5.74) is 3.20. The summed E-state index contributed by atoms with van der Waals surface area (Å²) in [7, 11) is -1.56. The second kappa shape index (κ2) is 21.4. The highest BCUT2D eigenvalue weighted by atomic mass is 32.2. The standard InChI is InChI=1S/C29H53BN4O5S/c1-40(25-20-18-24(19-21-25)30(37)38)33-23-14-11-9-7-5-3-2-4-6-8-10-12-17-27(35)32-22-15-13-16-26(34-31)28-29(36)39-28/h18-21,26,28-29,34,36-38H,2-17,22-23,31H2,1H3,(H,32,35). The molecule has 1 aromatic rings. The minimum absolute atomic E-state index is 0.0271. The van der Waals surface area contributed by atoms with Gasteiger partial charge in [-0.05, 0) is 56.0 Å². The molecule has 2 rings (SSSR count). The number of ether oxygens (including phenoxy) is 1. The first-order chi connectivity index (χ1) is 19.4. The number of hydrogen-bond acceptors (Lipinski definition) is 8. The molecule has 0 aliphatic carbocycles. The van der Waals surface area contributed by atoms with Gasteiger partial charge in [-0.1, -0.05) is 87.0 Å². The number of aliphatic hydroxyl groups is 1. The third-order valence-electron chi connectivity index (χ3n) is 7.49. The van der Waals surface area contributed by atoms with Gasteiger partial charge in [-0.15, -0.1) is 0 Å². The first-order valence-electron chi connectivity index (χ1n) is 15.3. The van der Waals surface area contributed by atoms with Crippen molar-refractivity contribution < 1.29 is 24.7 Å². The van der Waals surface area contributed by atoms with Crippen LogP contribution in [-0.2, 0) is 20.2 Å². The van der Waals surface area contributed by atoms with Crippen molar-refractivity contribution in [3.63, 3.8) is 0 Å². The zero-order valence-electron chi connectivity index (χ0n) is 24.4. The van der Waals surface area contributed by atoms with Gasteiger partial charge in [0, 0.05) is 24.4 Å². The Hall–Kier alpha value is -1.34.